The van der Waals surface area contributed by atoms with Gasteiger partial charge in [0.25, 0.3) is 0 Å². The molecule has 0 bridgehead atoms. The van der Waals surface area contributed by atoms with Crippen molar-refractivity contribution in [1.29, 1.82) is 0 Å². The molecule has 1 unspecified atom stereocenters. The molecule has 9 nitrogen and oxygen atoms in total. The number of anilines is 1. The van der Waals surface area contributed by atoms with Crippen LogP contribution in [0.15, 0.2) is 23.5 Å². The summed E-state index contributed by atoms with van der Waals surface area (Å²) in [5.41, 5.74) is 0. The van der Waals surface area contributed by atoms with Crippen molar-refractivity contribution >= 4 is 35.9 Å². The SMILES string of the molecule is CN=C(NCCCN1CCN(c2ncccn2)CC1)NCC(CC(C)C)N1CCOCC1.I. The van der Waals surface area contributed by atoms with E-state index in [-0.39, 0.29) is 24.0 Å². The maximum atomic E-state index is 5.53. The van der Waals surface area contributed by atoms with Crippen LogP contribution >= 0.6 is 24.0 Å². The molecule has 1 atom stereocenters. The molecule has 2 aliphatic rings. The van der Waals surface area contributed by atoms with Crippen LogP contribution < -0.4 is 15.5 Å². The molecular formula is C23H43IN8O. The number of guanidine groups is 1. The van der Waals surface area contributed by atoms with Gasteiger partial charge >= 0.3 is 0 Å². The van der Waals surface area contributed by atoms with E-state index in [1.807, 2.05) is 25.5 Å². The van der Waals surface area contributed by atoms with Crippen molar-refractivity contribution in [3.05, 3.63) is 18.5 Å². The predicted molar refractivity (Wildman–Crippen MR) is 146 cm³/mol. The Morgan fingerprint density at radius 2 is 1.76 bits per heavy atom. The molecule has 2 saturated heterocycles. The lowest BCUT2D eigenvalue weighted by molar-refractivity contribution is 0.0132. The van der Waals surface area contributed by atoms with E-state index in [0.29, 0.717) is 12.0 Å². The van der Waals surface area contributed by atoms with Gasteiger partial charge in [0.2, 0.25) is 5.95 Å². The van der Waals surface area contributed by atoms with Gasteiger partial charge in [0, 0.05) is 77.8 Å². The number of morpholine rings is 1. The zero-order valence-corrected chi connectivity index (χ0v) is 22.9. The molecule has 1 aromatic rings. The average Bonchev–Trinajstić information content (AvgIpc) is 2.84. The lowest BCUT2D eigenvalue weighted by atomic mass is 10.0. The average molecular weight is 575 g/mol. The Morgan fingerprint density at radius 3 is 2.39 bits per heavy atom. The third-order valence-electron chi connectivity index (χ3n) is 6.19. The van der Waals surface area contributed by atoms with Gasteiger partial charge in [-0.05, 0) is 31.4 Å². The minimum absolute atomic E-state index is 0. The van der Waals surface area contributed by atoms with Gasteiger partial charge < -0.3 is 20.3 Å². The molecule has 10 heteroatoms. The van der Waals surface area contributed by atoms with Gasteiger partial charge in [0.1, 0.15) is 0 Å². The topological polar surface area (TPSA) is 81.2 Å². The van der Waals surface area contributed by atoms with Gasteiger partial charge in [0.15, 0.2) is 5.96 Å². The fourth-order valence-electron chi connectivity index (χ4n) is 4.42. The minimum Gasteiger partial charge on any atom is -0.379 e. The van der Waals surface area contributed by atoms with E-state index in [0.717, 1.165) is 90.4 Å². The molecule has 33 heavy (non-hydrogen) atoms. The van der Waals surface area contributed by atoms with Crippen LogP contribution in [0.4, 0.5) is 5.95 Å². The van der Waals surface area contributed by atoms with E-state index in [9.17, 15) is 0 Å². The second-order valence-electron chi connectivity index (χ2n) is 9.04. The number of rotatable bonds is 10. The smallest absolute Gasteiger partial charge is 0.225 e. The van der Waals surface area contributed by atoms with Crippen molar-refractivity contribution < 1.29 is 4.74 Å². The number of ether oxygens (including phenoxy) is 1. The van der Waals surface area contributed by atoms with E-state index in [4.69, 9.17) is 4.74 Å². The first-order chi connectivity index (χ1) is 15.7. The highest BCUT2D eigenvalue weighted by atomic mass is 127. The van der Waals surface area contributed by atoms with Crippen LogP contribution in [0.25, 0.3) is 0 Å². The lowest BCUT2D eigenvalue weighted by Gasteiger charge is -2.36. The summed E-state index contributed by atoms with van der Waals surface area (Å²) in [6.07, 6.45) is 5.91. The summed E-state index contributed by atoms with van der Waals surface area (Å²) in [6.45, 7) is 15.3. The third kappa shape index (κ3) is 9.87. The molecule has 0 spiro atoms. The summed E-state index contributed by atoms with van der Waals surface area (Å²) in [5.74, 6) is 2.42. The van der Waals surface area contributed by atoms with Crippen LogP contribution in [0.2, 0.25) is 0 Å². The van der Waals surface area contributed by atoms with Gasteiger partial charge in [-0.1, -0.05) is 13.8 Å². The first kappa shape index (κ1) is 28.0. The quantitative estimate of drug-likeness (QED) is 0.189. The highest BCUT2D eigenvalue weighted by Crippen LogP contribution is 2.13. The fourth-order valence-corrected chi connectivity index (χ4v) is 4.42. The Kier molecular flexibility index (Phi) is 13.3. The zero-order chi connectivity index (χ0) is 22.6. The van der Waals surface area contributed by atoms with Gasteiger partial charge in [0.05, 0.1) is 13.2 Å². The lowest BCUT2D eigenvalue weighted by Crippen LogP contribution is -2.51. The number of piperazine rings is 1. The summed E-state index contributed by atoms with van der Waals surface area (Å²) in [7, 11) is 1.85. The van der Waals surface area contributed by atoms with Crippen molar-refractivity contribution in [3.63, 3.8) is 0 Å². The Bertz CT molecular complexity index is 664. The van der Waals surface area contributed by atoms with Crippen molar-refractivity contribution in [2.45, 2.75) is 32.7 Å². The number of hydrogen-bond acceptors (Lipinski definition) is 7. The Morgan fingerprint density at radius 1 is 1.06 bits per heavy atom. The maximum absolute atomic E-state index is 5.53. The van der Waals surface area contributed by atoms with E-state index in [2.05, 4.69) is 54.1 Å². The summed E-state index contributed by atoms with van der Waals surface area (Å²) in [6, 6.07) is 2.38. The third-order valence-corrected chi connectivity index (χ3v) is 6.19. The summed E-state index contributed by atoms with van der Waals surface area (Å²) in [5, 5.41) is 7.05. The van der Waals surface area contributed by atoms with Crippen molar-refractivity contribution in [3.8, 4) is 0 Å². The number of aromatic nitrogens is 2. The monoisotopic (exact) mass is 574 g/mol. The van der Waals surface area contributed by atoms with Gasteiger partial charge in [-0.2, -0.15) is 0 Å². The molecule has 2 N–H and O–H groups in total. The van der Waals surface area contributed by atoms with Crippen molar-refractivity contribution in [1.82, 2.24) is 30.4 Å². The summed E-state index contributed by atoms with van der Waals surface area (Å²) >= 11 is 0. The van der Waals surface area contributed by atoms with Gasteiger partial charge in [-0.3, -0.25) is 14.8 Å². The number of nitrogens with zero attached hydrogens (tertiary/aromatic N) is 6. The highest BCUT2D eigenvalue weighted by Gasteiger charge is 2.22. The largest absolute Gasteiger partial charge is 0.379 e. The highest BCUT2D eigenvalue weighted by molar-refractivity contribution is 14.0. The van der Waals surface area contributed by atoms with E-state index < -0.39 is 0 Å². The Hall–Kier alpha value is -1.24. The molecule has 0 amide bonds. The van der Waals surface area contributed by atoms with E-state index >= 15 is 0 Å². The molecule has 0 radical (unpaired) electrons. The van der Waals surface area contributed by atoms with Crippen LogP contribution in [0.1, 0.15) is 26.7 Å². The molecule has 1 aromatic heterocycles. The van der Waals surface area contributed by atoms with Crippen LogP contribution in [0.5, 0.6) is 0 Å². The fraction of sp³-hybridized carbons (Fsp3) is 0.783. The van der Waals surface area contributed by atoms with Crippen molar-refractivity contribution in [2.75, 3.05) is 84.1 Å². The normalized spacial score (nSPS) is 19.3. The van der Waals surface area contributed by atoms with Crippen LogP contribution in [-0.2, 0) is 4.74 Å². The zero-order valence-electron chi connectivity index (χ0n) is 20.6. The molecule has 188 valence electrons. The Balaban J connectivity index is 0.00000385. The van der Waals surface area contributed by atoms with Crippen molar-refractivity contribution in [2.24, 2.45) is 10.9 Å². The molecule has 0 aromatic carbocycles. The second-order valence-corrected chi connectivity index (χ2v) is 9.04. The van der Waals surface area contributed by atoms with E-state index in [1.54, 1.807) is 0 Å². The molecule has 2 aliphatic heterocycles. The van der Waals surface area contributed by atoms with Crippen LogP contribution in [-0.4, -0.2) is 111 Å². The van der Waals surface area contributed by atoms with E-state index in [1.165, 1.54) is 6.42 Å². The number of halogens is 1. The molecule has 3 rings (SSSR count). The maximum Gasteiger partial charge on any atom is 0.225 e. The molecule has 2 fully saturated rings. The molecule has 3 heterocycles. The number of aliphatic imine (C=N–C) groups is 1. The Labute approximate surface area is 216 Å². The predicted octanol–water partition coefficient (Wildman–Crippen LogP) is 1.52. The minimum atomic E-state index is 0. The number of nitrogens with one attached hydrogen (secondary N) is 2. The second kappa shape index (κ2) is 15.6. The molecule has 0 saturated carbocycles. The summed E-state index contributed by atoms with van der Waals surface area (Å²) < 4.78 is 5.53. The number of hydrogen-bond donors (Lipinski definition) is 2. The molecule has 0 aliphatic carbocycles. The van der Waals surface area contributed by atoms with Crippen LogP contribution in [0, 0.1) is 5.92 Å². The summed E-state index contributed by atoms with van der Waals surface area (Å²) in [4.78, 5) is 20.5. The van der Waals surface area contributed by atoms with Crippen LogP contribution in [0.3, 0.4) is 0 Å². The van der Waals surface area contributed by atoms with Gasteiger partial charge in [-0.15, -0.1) is 24.0 Å². The van der Waals surface area contributed by atoms with Gasteiger partial charge in [-0.25, -0.2) is 9.97 Å². The first-order valence-corrected chi connectivity index (χ1v) is 12.2. The first-order valence-electron chi connectivity index (χ1n) is 12.2. The standard InChI is InChI=1S/C23H42N8O.HI/c1-20(2)18-21(30-14-16-32-17-15-30)19-28-22(24-3)25-8-5-9-29-10-12-31(13-11-29)23-26-6-4-7-27-23;/h4,6-7,20-21H,5,8-19H2,1-3H3,(H2,24,25,28);1H. The molecular weight excluding hydrogens is 531 g/mol.